The van der Waals surface area contributed by atoms with Crippen molar-refractivity contribution in [1.82, 2.24) is 24.5 Å². The van der Waals surface area contributed by atoms with Crippen LogP contribution in [0, 0.1) is 0 Å². The van der Waals surface area contributed by atoms with Gasteiger partial charge in [0.25, 0.3) is 11.6 Å². The molecule has 0 amide bonds. The van der Waals surface area contributed by atoms with Crippen LogP contribution in [0.4, 0.5) is 13.2 Å². The van der Waals surface area contributed by atoms with Gasteiger partial charge < -0.3 is 9.30 Å². The zero-order valence-electron chi connectivity index (χ0n) is 12.7. The zero-order valence-corrected chi connectivity index (χ0v) is 12.7. The molecular formula is C15H12F3N5O2. The van der Waals surface area contributed by atoms with Crippen LogP contribution in [0.15, 0.2) is 29.6 Å². The zero-order chi connectivity index (χ0) is 17.6. The Balaban J connectivity index is 1.78. The Hall–Kier alpha value is -2.91. The van der Waals surface area contributed by atoms with Crippen molar-refractivity contribution in [3.05, 3.63) is 35.1 Å². The fourth-order valence-corrected chi connectivity index (χ4v) is 2.48. The molecule has 3 aromatic heterocycles. The minimum atomic E-state index is -4.53. The summed E-state index contributed by atoms with van der Waals surface area (Å²) in [5, 5.41) is 0.199. The van der Waals surface area contributed by atoms with Gasteiger partial charge in [-0.1, -0.05) is 0 Å². The first-order valence-electron chi connectivity index (χ1n) is 7.53. The third kappa shape index (κ3) is 3.19. The molecule has 0 atom stereocenters. The first kappa shape index (κ1) is 15.6. The molecule has 25 heavy (non-hydrogen) atoms. The number of ether oxygens (including phenoxy) is 1. The molecule has 0 radical (unpaired) electrons. The molecule has 0 spiro atoms. The largest absolute Gasteiger partial charge is 0.455 e. The van der Waals surface area contributed by atoms with Crippen molar-refractivity contribution in [3.63, 3.8) is 0 Å². The van der Waals surface area contributed by atoms with Gasteiger partial charge in [0.05, 0.1) is 11.7 Å². The van der Waals surface area contributed by atoms with Crippen LogP contribution >= 0.6 is 0 Å². The fourth-order valence-electron chi connectivity index (χ4n) is 2.48. The maximum absolute atomic E-state index is 12.3. The van der Waals surface area contributed by atoms with Crippen LogP contribution < -0.4 is 10.3 Å². The molecule has 1 aliphatic carbocycles. The van der Waals surface area contributed by atoms with Gasteiger partial charge >= 0.3 is 6.18 Å². The molecule has 1 saturated carbocycles. The summed E-state index contributed by atoms with van der Waals surface area (Å²) in [5.74, 6) is 0. The van der Waals surface area contributed by atoms with E-state index in [1.807, 2.05) is 4.57 Å². The number of rotatable bonds is 4. The number of nitrogens with zero attached hydrogens (tertiary/aromatic N) is 4. The number of H-pyrrole nitrogens is 1. The van der Waals surface area contributed by atoms with E-state index in [4.69, 9.17) is 0 Å². The smallest absolute Gasteiger partial charge is 0.422 e. The van der Waals surface area contributed by atoms with Gasteiger partial charge in [0.15, 0.2) is 6.61 Å². The minimum absolute atomic E-state index is 0.143. The second-order valence-corrected chi connectivity index (χ2v) is 5.77. The lowest BCUT2D eigenvalue weighted by atomic mass is 10.2. The van der Waals surface area contributed by atoms with Crippen LogP contribution in [0.1, 0.15) is 18.9 Å². The lowest BCUT2D eigenvalue weighted by molar-refractivity contribution is -0.154. The molecule has 0 saturated heterocycles. The Morgan fingerprint density at radius 1 is 1.32 bits per heavy atom. The van der Waals surface area contributed by atoms with Crippen LogP contribution in [0.2, 0.25) is 0 Å². The molecule has 1 aliphatic rings. The van der Waals surface area contributed by atoms with E-state index >= 15 is 0 Å². The van der Waals surface area contributed by atoms with Crippen molar-refractivity contribution in [2.24, 2.45) is 0 Å². The highest BCUT2D eigenvalue weighted by molar-refractivity contribution is 5.89. The molecule has 1 fully saturated rings. The standard InChI is InChI=1S/C15H12F3N5O2/c16-15(17,18)6-25-14-21-11-9(13(24)22-14)3-4-19-12(11)10-5-23(7-20-10)8-1-2-8/h3-5,7-8H,1-2,6H2,(H,21,22,24). The Kier molecular flexibility index (Phi) is 3.48. The SMILES string of the molecule is O=c1[nH]c(OCC(F)(F)F)nc2c(-c3cn(C4CC4)cn3)nccc12. The van der Waals surface area contributed by atoms with Crippen LogP contribution in [-0.2, 0) is 0 Å². The second-order valence-electron chi connectivity index (χ2n) is 5.77. The number of nitrogens with one attached hydrogen (secondary N) is 1. The summed E-state index contributed by atoms with van der Waals surface area (Å²) in [4.78, 5) is 26.8. The molecular weight excluding hydrogens is 339 g/mol. The van der Waals surface area contributed by atoms with Gasteiger partial charge in [-0.25, -0.2) is 4.98 Å². The van der Waals surface area contributed by atoms with E-state index in [1.54, 1.807) is 12.5 Å². The Morgan fingerprint density at radius 3 is 2.84 bits per heavy atom. The Morgan fingerprint density at radius 2 is 2.12 bits per heavy atom. The quantitative estimate of drug-likeness (QED) is 0.780. The van der Waals surface area contributed by atoms with Gasteiger partial charge in [-0.2, -0.15) is 18.2 Å². The first-order chi connectivity index (χ1) is 11.9. The maximum Gasteiger partial charge on any atom is 0.422 e. The van der Waals surface area contributed by atoms with Gasteiger partial charge in [0, 0.05) is 18.4 Å². The first-order valence-corrected chi connectivity index (χ1v) is 7.53. The molecule has 0 unspecified atom stereocenters. The number of halogens is 3. The molecule has 10 heteroatoms. The van der Waals surface area contributed by atoms with Crippen LogP contribution in [0.25, 0.3) is 22.3 Å². The Bertz CT molecular complexity index is 991. The van der Waals surface area contributed by atoms with Gasteiger partial charge in [0.1, 0.15) is 16.9 Å². The lowest BCUT2D eigenvalue weighted by Gasteiger charge is -2.09. The van der Waals surface area contributed by atoms with Gasteiger partial charge in [-0.15, -0.1) is 0 Å². The van der Waals surface area contributed by atoms with Crippen molar-refractivity contribution in [1.29, 1.82) is 0 Å². The van der Waals surface area contributed by atoms with E-state index in [2.05, 4.69) is 24.7 Å². The summed E-state index contributed by atoms with van der Waals surface area (Å²) in [6, 6.07) is 1.35. The summed E-state index contributed by atoms with van der Waals surface area (Å²) < 4.78 is 43.5. The van der Waals surface area contributed by atoms with Crippen molar-refractivity contribution in [2.45, 2.75) is 25.1 Å². The highest BCUT2D eigenvalue weighted by Crippen LogP contribution is 2.35. The fraction of sp³-hybridized carbons (Fsp3) is 0.333. The highest BCUT2D eigenvalue weighted by atomic mass is 19.4. The average Bonchev–Trinajstić information content (AvgIpc) is 3.30. The summed E-state index contributed by atoms with van der Waals surface area (Å²) >= 11 is 0. The minimum Gasteiger partial charge on any atom is -0.455 e. The van der Waals surface area contributed by atoms with E-state index in [1.165, 1.54) is 12.3 Å². The normalized spacial score (nSPS) is 14.8. The van der Waals surface area contributed by atoms with Crippen LogP contribution in [0.3, 0.4) is 0 Å². The number of alkyl halides is 3. The summed E-state index contributed by atoms with van der Waals surface area (Å²) in [6.45, 7) is -1.55. The lowest BCUT2D eigenvalue weighted by Crippen LogP contribution is -2.21. The Labute approximate surface area is 138 Å². The molecule has 0 bridgehead atoms. The second kappa shape index (κ2) is 5.57. The van der Waals surface area contributed by atoms with Gasteiger partial charge in [-0.3, -0.25) is 14.8 Å². The van der Waals surface area contributed by atoms with Crippen molar-refractivity contribution in [2.75, 3.05) is 6.61 Å². The number of fused-ring (bicyclic) bond motifs is 1. The summed E-state index contributed by atoms with van der Waals surface area (Å²) in [7, 11) is 0. The third-order valence-corrected chi connectivity index (χ3v) is 3.79. The van der Waals surface area contributed by atoms with Crippen molar-refractivity contribution < 1.29 is 17.9 Å². The van der Waals surface area contributed by atoms with Crippen LogP contribution in [-0.4, -0.2) is 37.3 Å². The van der Waals surface area contributed by atoms with E-state index in [-0.39, 0.29) is 10.9 Å². The molecule has 3 aromatic rings. The molecule has 4 rings (SSSR count). The summed E-state index contributed by atoms with van der Waals surface area (Å²) in [5.41, 5.74) is 0.356. The molecule has 130 valence electrons. The van der Waals surface area contributed by atoms with Gasteiger partial charge in [-0.05, 0) is 18.9 Å². The summed E-state index contributed by atoms with van der Waals surface area (Å²) in [6.07, 6.45) is 2.51. The predicted molar refractivity (Wildman–Crippen MR) is 81.2 cm³/mol. The van der Waals surface area contributed by atoms with Gasteiger partial charge in [0.2, 0.25) is 0 Å². The number of imidazole rings is 1. The molecule has 1 N–H and O–H groups in total. The molecule has 0 aliphatic heterocycles. The number of aromatic nitrogens is 5. The number of aromatic amines is 1. The average molecular weight is 351 g/mol. The topological polar surface area (TPSA) is 85.7 Å². The van der Waals surface area contributed by atoms with Crippen molar-refractivity contribution >= 4 is 10.9 Å². The number of hydrogen-bond acceptors (Lipinski definition) is 5. The number of pyridine rings is 1. The predicted octanol–water partition coefficient (Wildman–Crippen LogP) is 2.46. The number of hydrogen-bond donors (Lipinski definition) is 1. The van der Waals surface area contributed by atoms with E-state index in [0.29, 0.717) is 17.4 Å². The third-order valence-electron chi connectivity index (χ3n) is 3.79. The van der Waals surface area contributed by atoms with E-state index < -0.39 is 24.4 Å². The molecule has 0 aromatic carbocycles. The molecule has 3 heterocycles. The molecule has 7 nitrogen and oxygen atoms in total. The van der Waals surface area contributed by atoms with E-state index in [0.717, 1.165) is 12.8 Å². The maximum atomic E-state index is 12.3. The highest BCUT2D eigenvalue weighted by Gasteiger charge is 2.29. The van der Waals surface area contributed by atoms with Crippen LogP contribution in [0.5, 0.6) is 6.01 Å². The van der Waals surface area contributed by atoms with E-state index in [9.17, 15) is 18.0 Å². The van der Waals surface area contributed by atoms with Crippen molar-refractivity contribution in [3.8, 4) is 17.4 Å². The monoisotopic (exact) mass is 351 g/mol.